The highest BCUT2D eigenvalue weighted by Crippen LogP contribution is 2.14. The van der Waals surface area contributed by atoms with E-state index >= 15 is 0 Å². The van der Waals surface area contributed by atoms with E-state index in [0.717, 1.165) is 18.5 Å². The molecule has 0 atom stereocenters. The highest BCUT2D eigenvalue weighted by atomic mass is 16.5. The number of hydrogen-bond donors (Lipinski definition) is 0. The van der Waals surface area contributed by atoms with Crippen molar-refractivity contribution in [3.63, 3.8) is 0 Å². The molecule has 0 unspecified atom stereocenters. The van der Waals surface area contributed by atoms with Crippen molar-refractivity contribution in [2.24, 2.45) is 0 Å². The van der Waals surface area contributed by atoms with Gasteiger partial charge in [-0.2, -0.15) is 5.10 Å². The van der Waals surface area contributed by atoms with Crippen LogP contribution in [0.5, 0.6) is 0 Å². The van der Waals surface area contributed by atoms with Crippen molar-refractivity contribution in [3.8, 4) is 0 Å². The Bertz CT molecular complexity index is 316. The highest BCUT2D eigenvalue weighted by Gasteiger charge is 2.10. The third-order valence-corrected chi connectivity index (χ3v) is 2.53. The molecule has 0 aliphatic rings. The molecule has 0 fully saturated rings. The van der Waals surface area contributed by atoms with Gasteiger partial charge in [0.15, 0.2) is 0 Å². The van der Waals surface area contributed by atoms with Crippen molar-refractivity contribution in [2.45, 2.75) is 39.2 Å². The molecular weight excluding hydrogens is 192 g/mol. The molecule has 0 saturated heterocycles. The zero-order valence-corrected chi connectivity index (χ0v) is 9.56. The Labute approximate surface area is 90.2 Å². The van der Waals surface area contributed by atoms with E-state index in [1.165, 1.54) is 7.11 Å². The van der Waals surface area contributed by atoms with Crippen LogP contribution in [0.3, 0.4) is 0 Å². The summed E-state index contributed by atoms with van der Waals surface area (Å²) < 4.78 is 6.52. The smallest absolute Gasteiger partial charge is 0.311 e. The molecule has 0 amide bonds. The van der Waals surface area contributed by atoms with E-state index < -0.39 is 0 Å². The van der Waals surface area contributed by atoms with Gasteiger partial charge < -0.3 is 4.74 Å². The van der Waals surface area contributed by atoms with Crippen LogP contribution in [0, 0.1) is 0 Å². The quantitative estimate of drug-likeness (QED) is 0.698. The standard InChI is InChI=1S/C11H18N2O2/c1-4-10(5-2)13-7-6-9(12-13)8-11(14)15-3/h6-7,10H,4-5,8H2,1-3H3. The maximum atomic E-state index is 11.0. The number of carbonyl (C=O) groups is 1. The van der Waals surface area contributed by atoms with E-state index in [9.17, 15) is 4.79 Å². The van der Waals surface area contributed by atoms with Crippen LogP contribution in [0.4, 0.5) is 0 Å². The van der Waals surface area contributed by atoms with E-state index in [0.29, 0.717) is 6.04 Å². The summed E-state index contributed by atoms with van der Waals surface area (Å²) in [5.74, 6) is -0.246. The number of methoxy groups -OCH3 is 1. The molecule has 0 saturated carbocycles. The lowest BCUT2D eigenvalue weighted by atomic mass is 10.2. The molecule has 0 bridgehead atoms. The molecule has 0 aliphatic carbocycles. The van der Waals surface area contributed by atoms with Gasteiger partial charge in [0.25, 0.3) is 0 Å². The third-order valence-electron chi connectivity index (χ3n) is 2.53. The molecule has 1 aromatic rings. The van der Waals surface area contributed by atoms with Gasteiger partial charge in [-0.3, -0.25) is 9.48 Å². The lowest BCUT2D eigenvalue weighted by Gasteiger charge is -2.12. The fourth-order valence-corrected chi connectivity index (χ4v) is 1.56. The topological polar surface area (TPSA) is 44.1 Å². The number of rotatable bonds is 5. The van der Waals surface area contributed by atoms with Gasteiger partial charge in [0.2, 0.25) is 0 Å². The summed E-state index contributed by atoms with van der Waals surface area (Å²) in [6.07, 6.45) is 4.28. The minimum atomic E-state index is -0.246. The number of hydrogen-bond acceptors (Lipinski definition) is 3. The zero-order chi connectivity index (χ0) is 11.3. The first kappa shape index (κ1) is 11.8. The minimum absolute atomic E-state index is 0.246. The Morgan fingerprint density at radius 1 is 1.53 bits per heavy atom. The first-order valence-corrected chi connectivity index (χ1v) is 5.32. The molecule has 1 rings (SSSR count). The number of nitrogens with zero attached hydrogens (tertiary/aromatic N) is 2. The van der Waals surface area contributed by atoms with E-state index in [1.54, 1.807) is 0 Å². The molecule has 0 N–H and O–H groups in total. The predicted octanol–water partition coefficient (Wildman–Crippen LogP) is 1.96. The van der Waals surface area contributed by atoms with Gasteiger partial charge in [0, 0.05) is 6.20 Å². The summed E-state index contributed by atoms with van der Waals surface area (Å²) in [6, 6.07) is 2.30. The SMILES string of the molecule is CCC(CC)n1ccc(CC(=O)OC)n1. The molecule has 0 radical (unpaired) electrons. The second kappa shape index (κ2) is 5.53. The second-order valence-corrected chi connectivity index (χ2v) is 3.51. The van der Waals surface area contributed by atoms with Crippen molar-refractivity contribution in [1.82, 2.24) is 9.78 Å². The Morgan fingerprint density at radius 3 is 2.73 bits per heavy atom. The van der Waals surface area contributed by atoms with E-state index in [-0.39, 0.29) is 12.4 Å². The molecule has 0 aliphatic heterocycles. The van der Waals surface area contributed by atoms with Gasteiger partial charge in [0.1, 0.15) is 0 Å². The monoisotopic (exact) mass is 210 g/mol. The zero-order valence-electron chi connectivity index (χ0n) is 9.56. The van der Waals surface area contributed by atoms with Crippen LogP contribution >= 0.6 is 0 Å². The lowest BCUT2D eigenvalue weighted by Crippen LogP contribution is -2.09. The Balaban J connectivity index is 2.67. The van der Waals surface area contributed by atoms with Crippen molar-refractivity contribution < 1.29 is 9.53 Å². The molecule has 0 aromatic carbocycles. The fraction of sp³-hybridized carbons (Fsp3) is 0.636. The predicted molar refractivity (Wildman–Crippen MR) is 57.6 cm³/mol. The molecule has 1 heterocycles. The van der Waals surface area contributed by atoms with Crippen molar-refractivity contribution >= 4 is 5.97 Å². The van der Waals surface area contributed by atoms with E-state index in [1.807, 2.05) is 16.9 Å². The number of carbonyl (C=O) groups excluding carboxylic acids is 1. The van der Waals surface area contributed by atoms with Crippen LogP contribution < -0.4 is 0 Å². The number of ether oxygens (including phenoxy) is 1. The Morgan fingerprint density at radius 2 is 2.20 bits per heavy atom. The van der Waals surface area contributed by atoms with Gasteiger partial charge in [-0.25, -0.2) is 0 Å². The van der Waals surface area contributed by atoms with Crippen LogP contribution in [0.15, 0.2) is 12.3 Å². The highest BCUT2D eigenvalue weighted by molar-refractivity contribution is 5.71. The Hall–Kier alpha value is -1.32. The van der Waals surface area contributed by atoms with Crippen molar-refractivity contribution in [2.75, 3.05) is 7.11 Å². The molecule has 84 valence electrons. The van der Waals surface area contributed by atoms with Crippen LogP contribution in [0.1, 0.15) is 38.4 Å². The van der Waals surface area contributed by atoms with Gasteiger partial charge in [-0.05, 0) is 18.9 Å². The van der Waals surface area contributed by atoms with Crippen LogP contribution in [0.2, 0.25) is 0 Å². The van der Waals surface area contributed by atoms with Gasteiger partial charge in [-0.1, -0.05) is 13.8 Å². The lowest BCUT2D eigenvalue weighted by molar-refractivity contribution is -0.139. The average molecular weight is 210 g/mol. The van der Waals surface area contributed by atoms with E-state index in [4.69, 9.17) is 0 Å². The van der Waals surface area contributed by atoms with Gasteiger partial charge in [-0.15, -0.1) is 0 Å². The summed E-state index contributed by atoms with van der Waals surface area (Å²) in [7, 11) is 1.39. The van der Waals surface area contributed by atoms with Crippen molar-refractivity contribution in [3.05, 3.63) is 18.0 Å². The maximum Gasteiger partial charge on any atom is 0.311 e. The summed E-state index contributed by atoms with van der Waals surface area (Å²) in [5.41, 5.74) is 0.772. The summed E-state index contributed by atoms with van der Waals surface area (Å²) in [5, 5.41) is 4.36. The Kier molecular flexibility index (Phi) is 4.34. The van der Waals surface area contributed by atoms with E-state index in [2.05, 4.69) is 23.7 Å². The summed E-state index contributed by atoms with van der Waals surface area (Å²) in [6.45, 7) is 4.27. The number of esters is 1. The minimum Gasteiger partial charge on any atom is -0.469 e. The first-order chi connectivity index (χ1) is 7.21. The van der Waals surface area contributed by atoms with Gasteiger partial charge in [0.05, 0.1) is 25.3 Å². The maximum absolute atomic E-state index is 11.0. The van der Waals surface area contributed by atoms with Crippen LogP contribution in [-0.2, 0) is 16.0 Å². The molecule has 15 heavy (non-hydrogen) atoms. The molecule has 0 spiro atoms. The third kappa shape index (κ3) is 3.08. The average Bonchev–Trinajstić information content (AvgIpc) is 2.68. The second-order valence-electron chi connectivity index (χ2n) is 3.51. The first-order valence-electron chi connectivity index (χ1n) is 5.32. The molecular formula is C11H18N2O2. The fourth-order valence-electron chi connectivity index (χ4n) is 1.56. The summed E-state index contributed by atoms with van der Waals surface area (Å²) >= 11 is 0. The largest absolute Gasteiger partial charge is 0.469 e. The van der Waals surface area contributed by atoms with Crippen LogP contribution in [0.25, 0.3) is 0 Å². The van der Waals surface area contributed by atoms with Crippen LogP contribution in [-0.4, -0.2) is 22.9 Å². The molecule has 4 nitrogen and oxygen atoms in total. The molecule has 1 aromatic heterocycles. The van der Waals surface area contributed by atoms with Crippen molar-refractivity contribution in [1.29, 1.82) is 0 Å². The summed E-state index contributed by atoms with van der Waals surface area (Å²) in [4.78, 5) is 11.0. The van der Waals surface area contributed by atoms with Gasteiger partial charge >= 0.3 is 5.97 Å². The molecule has 4 heteroatoms. The normalized spacial score (nSPS) is 10.7. The number of aromatic nitrogens is 2.